The van der Waals surface area contributed by atoms with E-state index in [0.29, 0.717) is 16.5 Å². The second kappa shape index (κ2) is 8.89. The molecule has 2 N–H and O–H groups in total. The van der Waals surface area contributed by atoms with Gasteiger partial charge in [0.15, 0.2) is 0 Å². The predicted octanol–water partition coefficient (Wildman–Crippen LogP) is 4.03. The van der Waals surface area contributed by atoms with Crippen LogP contribution in [0.4, 0.5) is 0 Å². The maximum Gasteiger partial charge on any atom is 0.271 e. The highest BCUT2D eigenvalue weighted by molar-refractivity contribution is 7.98. The van der Waals surface area contributed by atoms with E-state index in [9.17, 15) is 14.9 Å². The Hall–Kier alpha value is -3.57. The van der Waals surface area contributed by atoms with Crippen molar-refractivity contribution in [2.75, 3.05) is 6.26 Å². The number of nitrogens with one attached hydrogen (secondary N) is 2. The molecule has 1 aliphatic rings. The Morgan fingerprint density at radius 2 is 1.75 bits per heavy atom. The monoisotopic (exact) mass is 445 g/mol. The zero-order valence-corrected chi connectivity index (χ0v) is 18.9. The van der Waals surface area contributed by atoms with Gasteiger partial charge in [-0.25, -0.2) is 4.98 Å². The van der Waals surface area contributed by atoms with Crippen molar-refractivity contribution in [1.82, 2.24) is 20.4 Å². The van der Waals surface area contributed by atoms with Gasteiger partial charge in [0.05, 0.1) is 16.7 Å². The topological polar surface area (TPSA) is 99.8 Å². The van der Waals surface area contributed by atoms with Gasteiger partial charge >= 0.3 is 0 Å². The molecular formula is C24H23N5O2S. The zero-order valence-electron chi connectivity index (χ0n) is 18.1. The van der Waals surface area contributed by atoms with Crippen molar-refractivity contribution >= 4 is 23.6 Å². The lowest BCUT2D eigenvalue weighted by Crippen LogP contribution is -2.42. The minimum Gasteiger partial charge on any atom is -0.318 e. The van der Waals surface area contributed by atoms with E-state index < -0.39 is 11.8 Å². The summed E-state index contributed by atoms with van der Waals surface area (Å²) < 4.78 is 1.99. The Balaban J connectivity index is 1.55. The van der Waals surface area contributed by atoms with E-state index in [4.69, 9.17) is 0 Å². The lowest BCUT2D eigenvalue weighted by Gasteiger charge is -2.12. The number of amides is 2. The van der Waals surface area contributed by atoms with Gasteiger partial charge in [-0.2, -0.15) is 5.26 Å². The molecule has 32 heavy (non-hydrogen) atoms. The van der Waals surface area contributed by atoms with E-state index in [2.05, 4.69) is 21.9 Å². The van der Waals surface area contributed by atoms with Crippen molar-refractivity contribution in [2.45, 2.75) is 37.6 Å². The third kappa shape index (κ3) is 4.12. The molecule has 1 fully saturated rings. The molecular weight excluding hydrogens is 422 g/mol. The molecule has 3 aromatic rings. The van der Waals surface area contributed by atoms with Gasteiger partial charge in [0.1, 0.15) is 11.1 Å². The van der Waals surface area contributed by atoms with Crippen LogP contribution in [0.1, 0.15) is 62.1 Å². The van der Waals surface area contributed by atoms with Crippen molar-refractivity contribution < 1.29 is 9.59 Å². The first-order valence-corrected chi connectivity index (χ1v) is 11.5. The summed E-state index contributed by atoms with van der Waals surface area (Å²) in [4.78, 5) is 30.3. The van der Waals surface area contributed by atoms with Crippen LogP contribution in [0.2, 0.25) is 0 Å². The van der Waals surface area contributed by atoms with Gasteiger partial charge in [-0.05, 0) is 57.2 Å². The molecule has 162 valence electrons. The maximum atomic E-state index is 12.9. The fraction of sp³-hybridized carbons (Fsp3) is 0.250. The highest BCUT2D eigenvalue weighted by Crippen LogP contribution is 2.40. The average molecular weight is 446 g/mol. The van der Waals surface area contributed by atoms with Crippen molar-refractivity contribution in [1.29, 1.82) is 5.26 Å². The number of thioether (sulfide) groups is 1. The van der Waals surface area contributed by atoms with Crippen molar-refractivity contribution in [3.8, 4) is 11.8 Å². The minimum absolute atomic E-state index is 0.218. The van der Waals surface area contributed by atoms with Crippen LogP contribution >= 0.6 is 11.8 Å². The molecule has 0 unspecified atom stereocenters. The van der Waals surface area contributed by atoms with Gasteiger partial charge in [-0.1, -0.05) is 18.2 Å². The Morgan fingerprint density at radius 3 is 2.34 bits per heavy atom. The number of nitrogens with zero attached hydrogens (tertiary/aromatic N) is 3. The molecule has 1 saturated carbocycles. The number of carbonyl (C=O) groups excluding carboxylic acids is 2. The quantitative estimate of drug-likeness (QED) is 0.456. The van der Waals surface area contributed by atoms with E-state index in [1.165, 1.54) is 11.8 Å². The van der Waals surface area contributed by atoms with Crippen LogP contribution in [-0.2, 0) is 0 Å². The van der Waals surface area contributed by atoms with Crippen LogP contribution in [0.25, 0.3) is 5.69 Å². The molecule has 8 heteroatoms. The summed E-state index contributed by atoms with van der Waals surface area (Å²) in [6.45, 7) is 3.79. The third-order valence-corrected chi connectivity index (χ3v) is 6.21. The zero-order chi connectivity index (χ0) is 22.8. The van der Waals surface area contributed by atoms with E-state index in [0.717, 1.165) is 35.6 Å². The van der Waals surface area contributed by atoms with Crippen molar-refractivity contribution in [3.63, 3.8) is 0 Å². The molecule has 0 radical (unpaired) electrons. The highest BCUT2D eigenvalue weighted by Gasteiger charge is 2.28. The van der Waals surface area contributed by atoms with E-state index in [1.807, 2.05) is 55.0 Å². The number of carbonyl (C=O) groups is 2. The summed E-state index contributed by atoms with van der Waals surface area (Å²) in [5, 5.41) is 10.1. The number of aryl methyl sites for hydroxylation is 1. The van der Waals surface area contributed by atoms with Gasteiger partial charge in [-0.15, -0.1) is 11.8 Å². The van der Waals surface area contributed by atoms with Crippen LogP contribution in [0.5, 0.6) is 0 Å². The Morgan fingerprint density at radius 1 is 1.09 bits per heavy atom. The summed E-state index contributed by atoms with van der Waals surface area (Å²) in [5.41, 5.74) is 9.32. The van der Waals surface area contributed by atoms with Crippen LogP contribution in [0.3, 0.4) is 0 Å². The first-order chi connectivity index (χ1) is 15.4. The fourth-order valence-corrected chi connectivity index (χ4v) is 4.34. The van der Waals surface area contributed by atoms with Crippen LogP contribution in [0, 0.1) is 25.2 Å². The normalized spacial score (nSPS) is 12.8. The summed E-state index contributed by atoms with van der Waals surface area (Å²) in [5.74, 6) is -0.627. The second-order valence-electron chi connectivity index (χ2n) is 7.73. The number of hydrogen-bond donors (Lipinski definition) is 2. The smallest absolute Gasteiger partial charge is 0.271 e. The largest absolute Gasteiger partial charge is 0.318 e. The molecule has 7 nitrogen and oxygen atoms in total. The molecule has 2 heterocycles. The van der Waals surface area contributed by atoms with Crippen molar-refractivity contribution in [3.05, 3.63) is 76.2 Å². The molecule has 1 aliphatic carbocycles. The maximum absolute atomic E-state index is 12.9. The van der Waals surface area contributed by atoms with Gasteiger partial charge < -0.3 is 4.57 Å². The lowest BCUT2D eigenvalue weighted by atomic mass is 10.1. The number of benzene rings is 1. The number of aromatic nitrogens is 2. The predicted molar refractivity (Wildman–Crippen MR) is 123 cm³/mol. The first-order valence-electron chi connectivity index (χ1n) is 10.3. The average Bonchev–Trinajstić information content (AvgIpc) is 3.61. The van der Waals surface area contributed by atoms with Crippen LogP contribution in [-0.4, -0.2) is 27.6 Å². The van der Waals surface area contributed by atoms with E-state index in [-0.39, 0.29) is 11.1 Å². The number of para-hydroxylation sites is 1. The molecule has 0 atom stereocenters. The SMILES string of the molecule is CSc1nc(C2CC2)cc(C(=O)NNC(=O)c2cc(C)n(-c3ccccc3)c2C)c1C#N. The number of pyridine rings is 1. The summed E-state index contributed by atoms with van der Waals surface area (Å²) in [6, 6.07) is 15.3. The van der Waals surface area contributed by atoms with Crippen LogP contribution in [0.15, 0.2) is 47.5 Å². The summed E-state index contributed by atoms with van der Waals surface area (Å²) in [6.07, 6.45) is 3.88. The second-order valence-corrected chi connectivity index (χ2v) is 8.52. The van der Waals surface area contributed by atoms with Gasteiger partial charge in [0.25, 0.3) is 11.8 Å². The molecule has 0 spiro atoms. The Bertz CT molecular complexity index is 1240. The molecule has 0 saturated heterocycles. The summed E-state index contributed by atoms with van der Waals surface area (Å²) in [7, 11) is 0. The van der Waals surface area contributed by atoms with Gasteiger partial charge in [0, 0.05) is 28.7 Å². The molecule has 0 aliphatic heterocycles. The van der Waals surface area contributed by atoms with E-state index in [1.54, 1.807) is 12.1 Å². The van der Waals surface area contributed by atoms with E-state index >= 15 is 0 Å². The van der Waals surface area contributed by atoms with Gasteiger partial charge in [0.2, 0.25) is 0 Å². The molecule has 4 rings (SSSR count). The molecule has 2 aromatic heterocycles. The number of nitriles is 1. The first kappa shape index (κ1) is 21.7. The molecule has 1 aromatic carbocycles. The third-order valence-electron chi connectivity index (χ3n) is 5.53. The standard InChI is InChI=1S/C24H23N5O2S/c1-14-11-18(15(2)29(14)17-7-5-4-6-8-17)22(30)27-28-23(31)19-12-21(16-9-10-16)26-24(32-3)20(19)13-25/h4-8,11-12,16H,9-10H2,1-3H3,(H,27,30)(H,28,31). The fourth-order valence-electron chi connectivity index (χ4n) is 3.78. The Kier molecular flexibility index (Phi) is 6.01. The highest BCUT2D eigenvalue weighted by atomic mass is 32.2. The number of rotatable bonds is 5. The summed E-state index contributed by atoms with van der Waals surface area (Å²) >= 11 is 1.33. The number of hydrazine groups is 1. The molecule has 2 amide bonds. The lowest BCUT2D eigenvalue weighted by molar-refractivity contribution is 0.0846. The minimum atomic E-state index is -0.536. The van der Waals surface area contributed by atoms with Gasteiger partial charge in [-0.3, -0.25) is 20.4 Å². The Labute approximate surface area is 190 Å². The van der Waals surface area contributed by atoms with Crippen molar-refractivity contribution in [2.24, 2.45) is 0 Å². The molecule has 0 bridgehead atoms. The van der Waals surface area contributed by atoms with Crippen LogP contribution < -0.4 is 10.9 Å². The number of hydrogen-bond acceptors (Lipinski definition) is 5.